The Kier molecular flexibility index (Phi) is 1.87. The summed E-state index contributed by atoms with van der Waals surface area (Å²) in [5.41, 5.74) is 0.859. The maximum Gasteiger partial charge on any atom is 0.246 e. The maximum absolute atomic E-state index is 3.78. The van der Waals surface area contributed by atoms with Gasteiger partial charge in [0.15, 0.2) is 0 Å². The Morgan fingerprint density at radius 2 is 2.33 bits per heavy atom. The summed E-state index contributed by atoms with van der Waals surface area (Å²) in [7, 11) is 0. The molecule has 0 atom stereocenters. The van der Waals surface area contributed by atoms with Gasteiger partial charge in [0.2, 0.25) is 6.33 Å². The Bertz CT molecular complexity index is 371. The Hall–Kier alpha value is -1.23. The van der Waals surface area contributed by atoms with Crippen LogP contribution >= 0.6 is 15.9 Å². The van der Waals surface area contributed by atoms with Crippen LogP contribution in [0.3, 0.4) is 0 Å². The van der Waals surface area contributed by atoms with Crippen molar-refractivity contribution in [2.24, 2.45) is 0 Å². The molecule has 0 N–H and O–H groups in total. The van der Waals surface area contributed by atoms with Crippen LogP contribution in [0.4, 0.5) is 0 Å². The van der Waals surface area contributed by atoms with Gasteiger partial charge in [-0.1, -0.05) is 22.0 Å². The number of aromatic nitrogens is 4. The normalized spacial score (nSPS) is 10.1. The monoisotopic (exact) mass is 223 g/mol. The second-order valence-electron chi connectivity index (χ2n) is 2.16. The fraction of sp³-hybridized carbons (Fsp3) is 0. The van der Waals surface area contributed by atoms with E-state index in [-0.39, 0.29) is 0 Å². The zero-order valence-corrected chi connectivity index (χ0v) is 7.56. The molecule has 0 amide bonds. The van der Waals surface area contributed by atoms with Crippen molar-refractivity contribution in [2.45, 2.75) is 0 Å². The first-order valence-electron chi connectivity index (χ1n) is 3.28. The minimum absolute atomic E-state index is 0.859. The minimum atomic E-state index is 0.859. The summed E-state index contributed by atoms with van der Waals surface area (Å²) in [5.74, 6) is 0. The second kappa shape index (κ2) is 3.02. The van der Waals surface area contributed by atoms with Crippen LogP contribution in [-0.2, 0) is 0 Å². The third-order valence-electron chi connectivity index (χ3n) is 1.35. The molecule has 12 heavy (non-hydrogen) atoms. The van der Waals surface area contributed by atoms with Crippen LogP contribution in [0.15, 0.2) is 28.7 Å². The first-order chi connectivity index (χ1) is 5.86. The SMILES string of the molecule is Brc1cccc(-n2n[c]nn2)c1. The smallest absolute Gasteiger partial charge is 0.130 e. The summed E-state index contributed by atoms with van der Waals surface area (Å²) in [5, 5.41) is 11.0. The molecule has 1 radical (unpaired) electrons. The van der Waals surface area contributed by atoms with Crippen LogP contribution < -0.4 is 0 Å². The van der Waals surface area contributed by atoms with Crippen LogP contribution in [0.5, 0.6) is 0 Å². The molecule has 0 saturated heterocycles. The Balaban J connectivity index is 2.48. The highest BCUT2D eigenvalue weighted by Crippen LogP contribution is 2.12. The van der Waals surface area contributed by atoms with E-state index in [9.17, 15) is 0 Å². The molecule has 2 rings (SSSR count). The molecular weight excluding hydrogens is 220 g/mol. The summed E-state index contributed by atoms with van der Waals surface area (Å²) in [4.78, 5) is 1.41. The third kappa shape index (κ3) is 1.35. The number of tetrazole rings is 1. The number of benzene rings is 1. The van der Waals surface area contributed by atoms with E-state index < -0.39 is 0 Å². The van der Waals surface area contributed by atoms with Crippen LogP contribution in [-0.4, -0.2) is 20.2 Å². The van der Waals surface area contributed by atoms with E-state index in [1.54, 1.807) is 0 Å². The number of rotatable bonds is 1. The van der Waals surface area contributed by atoms with Gasteiger partial charge in [0.1, 0.15) is 0 Å². The lowest BCUT2D eigenvalue weighted by Crippen LogP contribution is -1.98. The van der Waals surface area contributed by atoms with Crippen molar-refractivity contribution in [1.29, 1.82) is 0 Å². The maximum atomic E-state index is 3.78. The first kappa shape index (κ1) is 7.42. The standard InChI is InChI=1S/C7H4BrN4/c8-6-2-1-3-7(4-6)12-10-5-9-11-12/h1-4H. The van der Waals surface area contributed by atoms with Gasteiger partial charge < -0.3 is 0 Å². The zero-order valence-electron chi connectivity index (χ0n) is 5.98. The lowest BCUT2D eigenvalue weighted by Gasteiger charge is -1.96. The van der Waals surface area contributed by atoms with E-state index in [1.807, 2.05) is 24.3 Å². The molecule has 1 heterocycles. The second-order valence-corrected chi connectivity index (χ2v) is 3.07. The Morgan fingerprint density at radius 3 is 3.00 bits per heavy atom. The molecule has 0 aliphatic carbocycles. The van der Waals surface area contributed by atoms with Crippen molar-refractivity contribution in [1.82, 2.24) is 20.2 Å². The van der Waals surface area contributed by atoms with Crippen LogP contribution in [0, 0.1) is 6.33 Å². The van der Waals surface area contributed by atoms with Crippen LogP contribution in [0.1, 0.15) is 0 Å². The summed E-state index contributed by atoms with van der Waals surface area (Å²) in [6.07, 6.45) is 2.38. The van der Waals surface area contributed by atoms with Crippen molar-refractivity contribution >= 4 is 15.9 Å². The van der Waals surface area contributed by atoms with Crippen molar-refractivity contribution in [3.63, 3.8) is 0 Å². The first-order valence-corrected chi connectivity index (χ1v) is 4.07. The summed E-state index contributed by atoms with van der Waals surface area (Å²) < 4.78 is 0.984. The average molecular weight is 224 g/mol. The van der Waals surface area contributed by atoms with E-state index >= 15 is 0 Å². The van der Waals surface area contributed by atoms with Crippen LogP contribution in [0.2, 0.25) is 0 Å². The van der Waals surface area contributed by atoms with Crippen LogP contribution in [0.25, 0.3) is 5.69 Å². The minimum Gasteiger partial charge on any atom is -0.130 e. The molecule has 5 heteroatoms. The van der Waals surface area contributed by atoms with Gasteiger partial charge in [-0.3, -0.25) is 0 Å². The summed E-state index contributed by atoms with van der Waals surface area (Å²) in [6.45, 7) is 0. The summed E-state index contributed by atoms with van der Waals surface area (Å²) >= 11 is 3.35. The lowest BCUT2D eigenvalue weighted by atomic mass is 10.3. The molecule has 2 aromatic rings. The van der Waals surface area contributed by atoms with Gasteiger partial charge >= 0.3 is 0 Å². The fourth-order valence-electron chi connectivity index (χ4n) is 0.855. The number of hydrogen-bond acceptors (Lipinski definition) is 3. The predicted octanol–water partition coefficient (Wildman–Crippen LogP) is 1.22. The molecule has 0 aliphatic rings. The van der Waals surface area contributed by atoms with Gasteiger partial charge in [-0.2, -0.15) is 0 Å². The van der Waals surface area contributed by atoms with Gasteiger partial charge in [-0.05, 0) is 23.4 Å². The quantitative estimate of drug-likeness (QED) is 0.731. The highest BCUT2D eigenvalue weighted by molar-refractivity contribution is 9.10. The summed E-state index contributed by atoms with van der Waals surface area (Å²) in [6, 6.07) is 7.63. The molecule has 1 aromatic heterocycles. The molecule has 1 aromatic carbocycles. The van der Waals surface area contributed by atoms with Gasteiger partial charge in [0, 0.05) is 4.47 Å². The van der Waals surface area contributed by atoms with Crippen molar-refractivity contribution in [3.05, 3.63) is 35.1 Å². The largest absolute Gasteiger partial charge is 0.246 e. The molecule has 0 unspecified atom stereocenters. The van der Waals surface area contributed by atoms with E-state index in [0.717, 1.165) is 10.2 Å². The molecule has 59 valence electrons. The van der Waals surface area contributed by atoms with Gasteiger partial charge in [-0.15, -0.1) is 15.0 Å². The number of nitrogens with zero attached hydrogens (tertiary/aromatic N) is 4. The number of halogens is 1. The third-order valence-corrected chi connectivity index (χ3v) is 1.85. The molecule has 0 bridgehead atoms. The molecule has 0 aliphatic heterocycles. The van der Waals surface area contributed by atoms with Crippen molar-refractivity contribution < 1.29 is 0 Å². The van der Waals surface area contributed by atoms with E-state index in [0.29, 0.717) is 0 Å². The van der Waals surface area contributed by atoms with E-state index in [2.05, 4.69) is 37.7 Å². The zero-order chi connectivity index (χ0) is 8.39. The number of hydrogen-bond donors (Lipinski definition) is 0. The van der Waals surface area contributed by atoms with E-state index in [1.165, 1.54) is 4.80 Å². The molecular formula is C7H4BrN4. The average Bonchev–Trinajstić information content (AvgIpc) is 2.56. The lowest BCUT2D eigenvalue weighted by molar-refractivity contribution is 0.719. The van der Waals surface area contributed by atoms with Crippen molar-refractivity contribution in [2.75, 3.05) is 0 Å². The topological polar surface area (TPSA) is 43.6 Å². The Labute approximate surface area is 77.3 Å². The van der Waals surface area contributed by atoms with E-state index in [4.69, 9.17) is 0 Å². The molecule has 0 fully saturated rings. The predicted molar refractivity (Wildman–Crippen MR) is 45.7 cm³/mol. The van der Waals surface area contributed by atoms with Gasteiger partial charge in [-0.25, -0.2) is 0 Å². The van der Waals surface area contributed by atoms with Gasteiger partial charge in [0.25, 0.3) is 0 Å². The molecule has 4 nitrogen and oxygen atoms in total. The van der Waals surface area contributed by atoms with Gasteiger partial charge in [0.05, 0.1) is 5.69 Å². The molecule has 0 spiro atoms. The fourth-order valence-corrected chi connectivity index (χ4v) is 1.24. The highest BCUT2D eigenvalue weighted by atomic mass is 79.9. The Morgan fingerprint density at radius 1 is 1.42 bits per heavy atom. The molecule has 0 saturated carbocycles. The highest BCUT2D eigenvalue weighted by Gasteiger charge is 1.97. The van der Waals surface area contributed by atoms with Crippen molar-refractivity contribution in [3.8, 4) is 5.69 Å².